The van der Waals surface area contributed by atoms with Crippen LogP contribution in [-0.2, 0) is 4.79 Å². The second-order valence-electron chi connectivity index (χ2n) is 5.50. The normalized spacial score (nSPS) is 10.5. The number of hydrogen-bond donors (Lipinski definition) is 2. The molecular formula is C18H12F3N3O2S. The lowest BCUT2D eigenvalue weighted by Gasteiger charge is -2.07. The number of anilines is 2. The van der Waals surface area contributed by atoms with Gasteiger partial charge >= 0.3 is 0 Å². The molecular weight excluding hydrogens is 379 g/mol. The SMILES string of the molecule is CC(=O)Nc1ccc(F)c(C(=O)Nc2nc(-c3ccc(F)c(F)c3)cs2)c1. The van der Waals surface area contributed by atoms with Crippen LogP contribution in [0.1, 0.15) is 17.3 Å². The highest BCUT2D eigenvalue weighted by Crippen LogP contribution is 2.27. The van der Waals surface area contributed by atoms with Crippen LogP contribution in [0.25, 0.3) is 11.3 Å². The van der Waals surface area contributed by atoms with Gasteiger partial charge in [-0.2, -0.15) is 0 Å². The van der Waals surface area contributed by atoms with Crippen LogP contribution in [0.5, 0.6) is 0 Å². The molecule has 0 bridgehead atoms. The minimum Gasteiger partial charge on any atom is -0.326 e. The van der Waals surface area contributed by atoms with E-state index < -0.39 is 23.4 Å². The Morgan fingerprint density at radius 2 is 1.70 bits per heavy atom. The van der Waals surface area contributed by atoms with Crippen LogP contribution in [0.4, 0.5) is 24.0 Å². The van der Waals surface area contributed by atoms with Gasteiger partial charge in [0, 0.05) is 23.6 Å². The number of nitrogens with zero attached hydrogens (tertiary/aromatic N) is 1. The van der Waals surface area contributed by atoms with E-state index >= 15 is 0 Å². The van der Waals surface area contributed by atoms with Crippen molar-refractivity contribution < 1.29 is 22.8 Å². The number of rotatable bonds is 4. The van der Waals surface area contributed by atoms with Gasteiger partial charge in [-0.25, -0.2) is 18.2 Å². The van der Waals surface area contributed by atoms with Crippen LogP contribution in [0.3, 0.4) is 0 Å². The summed E-state index contributed by atoms with van der Waals surface area (Å²) in [5, 5.41) is 6.61. The van der Waals surface area contributed by atoms with Crippen molar-refractivity contribution >= 4 is 34.0 Å². The summed E-state index contributed by atoms with van der Waals surface area (Å²) in [7, 11) is 0. The zero-order valence-electron chi connectivity index (χ0n) is 13.8. The Hall–Kier alpha value is -3.20. The first kappa shape index (κ1) is 18.6. The molecule has 3 rings (SSSR count). The summed E-state index contributed by atoms with van der Waals surface area (Å²) in [6.07, 6.45) is 0. The molecule has 0 atom stereocenters. The van der Waals surface area contributed by atoms with Crippen LogP contribution in [0, 0.1) is 17.5 Å². The monoisotopic (exact) mass is 391 g/mol. The number of thiazole rings is 1. The van der Waals surface area contributed by atoms with E-state index in [9.17, 15) is 22.8 Å². The lowest BCUT2D eigenvalue weighted by Crippen LogP contribution is -2.15. The highest BCUT2D eigenvalue weighted by molar-refractivity contribution is 7.14. The molecule has 0 aliphatic carbocycles. The molecule has 0 radical (unpaired) electrons. The molecule has 2 N–H and O–H groups in total. The molecule has 5 nitrogen and oxygen atoms in total. The fourth-order valence-electron chi connectivity index (χ4n) is 2.26. The number of hydrogen-bond acceptors (Lipinski definition) is 4. The summed E-state index contributed by atoms with van der Waals surface area (Å²) in [6, 6.07) is 6.93. The quantitative estimate of drug-likeness (QED) is 0.691. The van der Waals surface area contributed by atoms with E-state index in [0.29, 0.717) is 11.3 Å². The smallest absolute Gasteiger partial charge is 0.260 e. The molecule has 1 heterocycles. The summed E-state index contributed by atoms with van der Waals surface area (Å²) in [5.41, 5.74) is 0.674. The first-order valence-electron chi connectivity index (χ1n) is 7.63. The molecule has 2 aromatic carbocycles. The number of amides is 2. The van der Waals surface area contributed by atoms with Crippen LogP contribution in [-0.4, -0.2) is 16.8 Å². The second-order valence-corrected chi connectivity index (χ2v) is 6.35. The summed E-state index contributed by atoms with van der Waals surface area (Å²) in [5.74, 6) is -3.87. The summed E-state index contributed by atoms with van der Waals surface area (Å²) in [6.45, 7) is 1.29. The van der Waals surface area contributed by atoms with Gasteiger partial charge in [0.15, 0.2) is 16.8 Å². The van der Waals surface area contributed by atoms with E-state index in [4.69, 9.17) is 0 Å². The van der Waals surface area contributed by atoms with E-state index in [1.54, 1.807) is 5.38 Å². The van der Waals surface area contributed by atoms with Crippen molar-refractivity contribution in [2.45, 2.75) is 6.92 Å². The molecule has 1 aromatic heterocycles. The standard InChI is InChI=1S/C18H12F3N3O2S/c1-9(25)22-11-3-5-13(19)12(7-11)17(26)24-18-23-16(8-27-18)10-2-4-14(20)15(21)6-10/h2-8H,1H3,(H,22,25)(H,23,24,26). The number of halogens is 3. The van der Waals surface area contributed by atoms with Crippen LogP contribution in [0.2, 0.25) is 0 Å². The topological polar surface area (TPSA) is 71.1 Å². The molecule has 0 fully saturated rings. The maximum Gasteiger partial charge on any atom is 0.260 e. The molecule has 0 aliphatic rings. The van der Waals surface area contributed by atoms with E-state index in [-0.39, 0.29) is 22.3 Å². The molecule has 2 amide bonds. The Bertz CT molecular complexity index is 1040. The Morgan fingerprint density at radius 1 is 0.963 bits per heavy atom. The first-order valence-corrected chi connectivity index (χ1v) is 8.51. The van der Waals surface area contributed by atoms with Gasteiger partial charge in [-0.3, -0.25) is 14.9 Å². The molecule has 9 heteroatoms. The van der Waals surface area contributed by atoms with Gasteiger partial charge in [-0.05, 0) is 36.4 Å². The van der Waals surface area contributed by atoms with E-state index in [0.717, 1.165) is 29.5 Å². The number of aromatic nitrogens is 1. The van der Waals surface area contributed by atoms with Gasteiger partial charge in [-0.1, -0.05) is 0 Å². The molecule has 0 unspecified atom stereocenters. The van der Waals surface area contributed by atoms with Gasteiger partial charge in [0.1, 0.15) is 5.82 Å². The molecule has 0 saturated carbocycles. The highest BCUT2D eigenvalue weighted by atomic mass is 32.1. The zero-order valence-corrected chi connectivity index (χ0v) is 14.7. The van der Waals surface area contributed by atoms with Crippen molar-refractivity contribution in [3.8, 4) is 11.3 Å². The van der Waals surface area contributed by atoms with E-state index in [1.165, 1.54) is 25.1 Å². The molecule has 27 heavy (non-hydrogen) atoms. The van der Waals surface area contributed by atoms with Gasteiger partial charge < -0.3 is 5.32 Å². The summed E-state index contributed by atoms with van der Waals surface area (Å²) < 4.78 is 40.3. The Labute approximate surface area is 155 Å². The third kappa shape index (κ3) is 4.32. The fourth-order valence-corrected chi connectivity index (χ4v) is 2.98. The number of benzene rings is 2. The molecule has 138 valence electrons. The maximum absolute atomic E-state index is 13.9. The summed E-state index contributed by atoms with van der Waals surface area (Å²) >= 11 is 1.05. The predicted molar refractivity (Wildman–Crippen MR) is 96.1 cm³/mol. The Balaban J connectivity index is 1.80. The minimum absolute atomic E-state index is 0.157. The van der Waals surface area contributed by atoms with Crippen molar-refractivity contribution in [3.05, 3.63) is 64.8 Å². The average molecular weight is 391 g/mol. The van der Waals surface area contributed by atoms with Crippen LogP contribution < -0.4 is 10.6 Å². The lowest BCUT2D eigenvalue weighted by atomic mass is 10.1. The number of carbonyl (C=O) groups excluding carboxylic acids is 2. The van der Waals surface area contributed by atoms with Crippen LogP contribution >= 0.6 is 11.3 Å². The zero-order chi connectivity index (χ0) is 19.6. The lowest BCUT2D eigenvalue weighted by molar-refractivity contribution is -0.114. The Kier molecular flexibility index (Phi) is 5.22. The van der Waals surface area contributed by atoms with E-state index in [1.807, 2.05) is 0 Å². The van der Waals surface area contributed by atoms with Gasteiger partial charge in [0.25, 0.3) is 5.91 Å². The van der Waals surface area contributed by atoms with Crippen LogP contribution in [0.15, 0.2) is 41.8 Å². The molecule has 3 aromatic rings. The minimum atomic E-state index is -1.01. The van der Waals surface area contributed by atoms with Gasteiger partial charge in [-0.15, -0.1) is 11.3 Å². The average Bonchev–Trinajstić information content (AvgIpc) is 3.07. The third-order valence-electron chi connectivity index (χ3n) is 3.47. The highest BCUT2D eigenvalue weighted by Gasteiger charge is 2.16. The van der Waals surface area contributed by atoms with E-state index in [2.05, 4.69) is 15.6 Å². The summed E-state index contributed by atoms with van der Waals surface area (Å²) in [4.78, 5) is 27.5. The number of carbonyl (C=O) groups is 2. The molecule has 0 aliphatic heterocycles. The van der Waals surface area contributed by atoms with Crippen molar-refractivity contribution in [1.82, 2.24) is 4.98 Å². The number of nitrogens with one attached hydrogen (secondary N) is 2. The largest absolute Gasteiger partial charge is 0.326 e. The van der Waals surface area contributed by atoms with Crippen molar-refractivity contribution in [3.63, 3.8) is 0 Å². The first-order chi connectivity index (χ1) is 12.8. The fraction of sp³-hybridized carbons (Fsp3) is 0.0556. The van der Waals surface area contributed by atoms with Crippen molar-refractivity contribution in [2.24, 2.45) is 0 Å². The van der Waals surface area contributed by atoms with Gasteiger partial charge in [0.2, 0.25) is 5.91 Å². The molecule has 0 saturated heterocycles. The van der Waals surface area contributed by atoms with Gasteiger partial charge in [0.05, 0.1) is 11.3 Å². The third-order valence-corrected chi connectivity index (χ3v) is 4.23. The second kappa shape index (κ2) is 7.58. The Morgan fingerprint density at radius 3 is 2.41 bits per heavy atom. The maximum atomic E-state index is 13.9. The molecule has 0 spiro atoms. The predicted octanol–water partition coefficient (Wildman–Crippen LogP) is 4.44. The van der Waals surface area contributed by atoms with Crippen molar-refractivity contribution in [1.29, 1.82) is 0 Å². The van der Waals surface area contributed by atoms with Crippen molar-refractivity contribution in [2.75, 3.05) is 10.6 Å².